The van der Waals surface area contributed by atoms with Gasteiger partial charge in [-0.15, -0.1) is 16.4 Å². The van der Waals surface area contributed by atoms with Crippen molar-refractivity contribution in [1.82, 2.24) is 25.6 Å². The first kappa shape index (κ1) is 35.1. The zero-order valence-corrected chi connectivity index (χ0v) is 27.7. The Hall–Kier alpha value is -4.75. The van der Waals surface area contributed by atoms with E-state index in [-0.39, 0.29) is 19.1 Å². The van der Waals surface area contributed by atoms with Gasteiger partial charge < -0.3 is 30.5 Å². The summed E-state index contributed by atoms with van der Waals surface area (Å²) in [6.07, 6.45) is 2.64. The van der Waals surface area contributed by atoms with Crippen molar-refractivity contribution in [1.29, 1.82) is 0 Å². The van der Waals surface area contributed by atoms with Crippen molar-refractivity contribution in [2.75, 3.05) is 11.9 Å². The lowest BCUT2D eigenvalue weighted by Gasteiger charge is -2.20. The van der Waals surface area contributed by atoms with Gasteiger partial charge in [-0.05, 0) is 74.7 Å². The van der Waals surface area contributed by atoms with Crippen LogP contribution in [0.5, 0.6) is 0 Å². The molecule has 250 valence electrons. The van der Waals surface area contributed by atoms with Gasteiger partial charge in [0.1, 0.15) is 23.9 Å². The number of nitrogens with zero attached hydrogens (tertiary/aromatic N) is 3. The molecule has 4 aromatic rings. The van der Waals surface area contributed by atoms with Crippen LogP contribution in [0.2, 0.25) is 0 Å². The zero-order chi connectivity index (χ0) is 33.6. The lowest BCUT2D eigenvalue weighted by Crippen LogP contribution is -2.33. The maximum atomic E-state index is 13.6. The molecule has 47 heavy (non-hydrogen) atoms. The Morgan fingerprint density at radius 2 is 1.72 bits per heavy atom. The molecule has 0 unspecified atom stereocenters. The van der Waals surface area contributed by atoms with Crippen molar-refractivity contribution in [3.05, 3.63) is 100 Å². The van der Waals surface area contributed by atoms with Crippen LogP contribution in [-0.2, 0) is 33.9 Å². The van der Waals surface area contributed by atoms with Gasteiger partial charge in [-0.3, -0.25) is 4.79 Å². The maximum Gasteiger partial charge on any atom is 0.408 e. The Balaban J connectivity index is 1.47. The highest BCUT2D eigenvalue weighted by molar-refractivity contribution is 7.09. The van der Waals surface area contributed by atoms with Gasteiger partial charge in [0.05, 0.1) is 18.8 Å². The molecule has 0 aliphatic rings. The summed E-state index contributed by atoms with van der Waals surface area (Å²) in [4.78, 5) is 39.5. The number of ether oxygens (including phenoxy) is 2. The van der Waals surface area contributed by atoms with E-state index in [4.69, 9.17) is 9.47 Å². The number of carbonyl (C=O) groups excluding carboxylic acids is 3. The molecule has 0 aliphatic carbocycles. The monoisotopic (exact) mass is 662 g/mol. The molecule has 13 heteroatoms. The van der Waals surface area contributed by atoms with Crippen LogP contribution in [0.3, 0.4) is 0 Å². The van der Waals surface area contributed by atoms with Gasteiger partial charge in [0, 0.05) is 23.5 Å². The molecule has 2 aromatic heterocycles. The van der Waals surface area contributed by atoms with Crippen LogP contribution in [0.25, 0.3) is 0 Å². The number of unbranched alkanes of at least 4 members (excludes halogenated alkanes) is 1. The first-order valence-electron chi connectivity index (χ1n) is 15.5. The van der Waals surface area contributed by atoms with Crippen molar-refractivity contribution in [3.8, 4) is 0 Å². The Morgan fingerprint density at radius 1 is 0.957 bits per heavy atom. The van der Waals surface area contributed by atoms with Crippen LogP contribution >= 0.6 is 11.3 Å². The fourth-order valence-electron chi connectivity index (χ4n) is 4.64. The number of carbonyl (C=O) groups is 3. The number of thiophene rings is 1. The number of anilines is 1. The summed E-state index contributed by atoms with van der Waals surface area (Å²) in [6.45, 7) is 5.80. The Kier molecular flexibility index (Phi) is 12.9. The number of hydrogen-bond acceptors (Lipinski definition) is 9. The standard InChI is InChI=1S/C34H42N6O6S/c1-34(2,3)46-32(43)35-18-8-7-13-30(31(42)36-26-16-14-24(22-41)15-17-26)40-21-29(38-39-40)28(20-27-12-9-19-47-27)37-33(44)45-23-25-10-5-4-6-11-25/h4-6,9-12,14-17,19,21,28,30,41H,7-8,13,18,20,22-23H2,1-3H3,(H,35,43)(H,36,42)(H,37,44)/t28-,30-/m0/s1. The summed E-state index contributed by atoms with van der Waals surface area (Å²) in [5.41, 5.74) is 2.05. The highest BCUT2D eigenvalue weighted by Gasteiger charge is 2.26. The molecule has 0 aliphatic heterocycles. The van der Waals surface area contributed by atoms with E-state index in [1.54, 1.807) is 62.6 Å². The largest absolute Gasteiger partial charge is 0.445 e. The molecule has 0 bridgehead atoms. The van der Waals surface area contributed by atoms with E-state index in [0.717, 1.165) is 16.0 Å². The zero-order valence-electron chi connectivity index (χ0n) is 26.8. The van der Waals surface area contributed by atoms with E-state index in [2.05, 4.69) is 26.3 Å². The van der Waals surface area contributed by atoms with Crippen LogP contribution in [-0.4, -0.2) is 50.3 Å². The molecule has 3 amide bonds. The highest BCUT2D eigenvalue weighted by Crippen LogP contribution is 2.24. The van der Waals surface area contributed by atoms with Crippen molar-refractivity contribution in [2.24, 2.45) is 0 Å². The van der Waals surface area contributed by atoms with Gasteiger partial charge in [0.15, 0.2) is 0 Å². The Labute approximate surface area is 278 Å². The van der Waals surface area contributed by atoms with Crippen molar-refractivity contribution >= 4 is 35.1 Å². The lowest BCUT2D eigenvalue weighted by molar-refractivity contribution is -0.119. The van der Waals surface area contributed by atoms with E-state index >= 15 is 0 Å². The minimum Gasteiger partial charge on any atom is -0.445 e. The molecule has 4 N–H and O–H groups in total. The minimum absolute atomic E-state index is 0.101. The molecule has 4 rings (SSSR count). The van der Waals surface area contributed by atoms with Crippen molar-refractivity contribution in [2.45, 2.75) is 77.4 Å². The second-order valence-electron chi connectivity index (χ2n) is 12.0. The number of rotatable bonds is 15. The molecule has 0 saturated carbocycles. The second-order valence-corrected chi connectivity index (χ2v) is 13.0. The lowest BCUT2D eigenvalue weighted by atomic mass is 10.1. The van der Waals surface area contributed by atoms with E-state index in [9.17, 15) is 19.5 Å². The van der Waals surface area contributed by atoms with Gasteiger partial charge in [-0.1, -0.05) is 53.7 Å². The fraction of sp³-hybridized carbons (Fsp3) is 0.382. The topological polar surface area (TPSA) is 157 Å². The van der Waals surface area contributed by atoms with Crippen molar-refractivity contribution in [3.63, 3.8) is 0 Å². The number of benzene rings is 2. The molecule has 2 atom stereocenters. The highest BCUT2D eigenvalue weighted by atomic mass is 32.1. The SMILES string of the molecule is CC(C)(C)OC(=O)NCCCC[C@@H](C(=O)Nc1ccc(CO)cc1)n1cc([C@H](Cc2cccs2)NC(=O)OCc2ccccc2)nn1. The number of alkyl carbamates (subject to hydrolysis) is 2. The molecular formula is C34H42N6O6S. The first-order chi connectivity index (χ1) is 22.6. The van der Waals surface area contributed by atoms with E-state index in [1.165, 1.54) is 4.68 Å². The summed E-state index contributed by atoms with van der Waals surface area (Å²) in [6, 6.07) is 18.9. The van der Waals surface area contributed by atoms with Gasteiger partial charge in [-0.2, -0.15) is 0 Å². The molecule has 0 fully saturated rings. The van der Waals surface area contributed by atoms with Gasteiger partial charge in [0.25, 0.3) is 0 Å². The molecule has 0 spiro atoms. The van der Waals surface area contributed by atoms with Crippen LogP contribution in [0.15, 0.2) is 78.3 Å². The quantitative estimate of drug-likeness (QED) is 0.114. The van der Waals surface area contributed by atoms with E-state index in [1.807, 2.05) is 47.8 Å². The molecule has 2 heterocycles. The summed E-state index contributed by atoms with van der Waals surface area (Å²) < 4.78 is 12.3. The van der Waals surface area contributed by atoms with Gasteiger partial charge >= 0.3 is 12.2 Å². The van der Waals surface area contributed by atoms with Crippen LogP contribution in [0, 0.1) is 0 Å². The summed E-state index contributed by atoms with van der Waals surface area (Å²) in [5.74, 6) is -0.302. The second kappa shape index (κ2) is 17.2. The molecule has 0 saturated heterocycles. The summed E-state index contributed by atoms with van der Waals surface area (Å²) >= 11 is 1.56. The van der Waals surface area contributed by atoms with Crippen LogP contribution < -0.4 is 16.0 Å². The normalized spacial score (nSPS) is 12.5. The number of hydrogen-bond donors (Lipinski definition) is 4. The molecule has 0 radical (unpaired) electrons. The van der Waals surface area contributed by atoms with Gasteiger partial charge in [-0.25, -0.2) is 14.3 Å². The third kappa shape index (κ3) is 11.8. The van der Waals surface area contributed by atoms with Crippen LogP contribution in [0.1, 0.15) is 73.8 Å². The van der Waals surface area contributed by atoms with Crippen LogP contribution in [0.4, 0.5) is 15.3 Å². The average molecular weight is 663 g/mol. The smallest absolute Gasteiger partial charge is 0.408 e. The molecule has 2 aromatic carbocycles. The summed E-state index contributed by atoms with van der Waals surface area (Å²) in [5, 5.41) is 28.6. The number of aliphatic hydroxyl groups excluding tert-OH is 1. The third-order valence-corrected chi connectivity index (χ3v) is 7.87. The van der Waals surface area contributed by atoms with E-state index in [0.29, 0.717) is 43.6 Å². The average Bonchev–Trinajstić information content (AvgIpc) is 3.74. The van der Waals surface area contributed by atoms with Crippen molar-refractivity contribution < 1.29 is 29.0 Å². The maximum absolute atomic E-state index is 13.6. The third-order valence-electron chi connectivity index (χ3n) is 6.97. The fourth-order valence-corrected chi connectivity index (χ4v) is 5.39. The number of aromatic nitrogens is 3. The number of nitrogens with one attached hydrogen (secondary N) is 3. The van der Waals surface area contributed by atoms with Gasteiger partial charge in [0.2, 0.25) is 5.91 Å². The minimum atomic E-state index is -0.734. The Bertz CT molecular complexity index is 1550. The predicted molar refractivity (Wildman–Crippen MR) is 179 cm³/mol. The first-order valence-corrected chi connectivity index (χ1v) is 16.4. The summed E-state index contributed by atoms with van der Waals surface area (Å²) in [7, 11) is 0. The number of amides is 3. The number of aliphatic hydroxyl groups is 1. The van der Waals surface area contributed by atoms with E-state index < -0.39 is 29.9 Å². The molecule has 12 nitrogen and oxygen atoms in total. The Morgan fingerprint density at radius 3 is 2.40 bits per heavy atom. The molecular weight excluding hydrogens is 620 g/mol. The predicted octanol–water partition coefficient (Wildman–Crippen LogP) is 5.92.